The van der Waals surface area contributed by atoms with Crippen LogP contribution in [0.3, 0.4) is 0 Å². The van der Waals surface area contributed by atoms with E-state index in [1.54, 1.807) is 0 Å². The van der Waals surface area contributed by atoms with Crippen molar-refractivity contribution in [1.29, 1.82) is 0 Å². The molecule has 14 heteroatoms. The number of unbranched alkanes of at least 4 members (excludes halogenated alkanes) is 1. The Morgan fingerprint density at radius 1 is 0.962 bits per heavy atom. The first-order valence-corrected chi connectivity index (χ1v) is 17.2. The quantitative estimate of drug-likeness (QED) is 0.0933. The maximum atomic E-state index is 15.2. The van der Waals surface area contributed by atoms with Gasteiger partial charge in [0.15, 0.2) is 0 Å². The first-order valence-electron chi connectivity index (χ1n) is 17.2. The first-order chi connectivity index (χ1) is 24.9. The molecule has 3 aromatic carbocycles. The molecule has 1 unspecified atom stereocenters. The zero-order chi connectivity index (χ0) is 37.1. The summed E-state index contributed by atoms with van der Waals surface area (Å²) >= 11 is 0. The smallest absolute Gasteiger partial charge is 0.341 e. The van der Waals surface area contributed by atoms with Crippen LogP contribution in [0.15, 0.2) is 69.0 Å². The molecule has 2 aromatic heterocycles. The van der Waals surface area contributed by atoms with Crippen molar-refractivity contribution in [3.63, 3.8) is 0 Å². The molecular weight excluding hydrogens is 677 g/mol. The number of halogens is 3. The van der Waals surface area contributed by atoms with Crippen LogP contribution in [0.4, 0.5) is 30.4 Å². The Bertz CT molecular complexity index is 2300. The molecule has 52 heavy (non-hydrogen) atoms. The maximum Gasteiger partial charge on any atom is 0.341 e. The third-order valence-electron chi connectivity index (χ3n) is 9.59. The van der Waals surface area contributed by atoms with Gasteiger partial charge in [-0.05, 0) is 99.1 Å². The first kappa shape index (κ1) is 36.2. The molecule has 1 atom stereocenters. The fourth-order valence-electron chi connectivity index (χ4n) is 6.77. The summed E-state index contributed by atoms with van der Waals surface area (Å²) in [6, 6.07) is 12.1. The molecular formula is C38H39F3N6O5. The number of benzene rings is 3. The van der Waals surface area contributed by atoms with E-state index in [9.17, 15) is 33.1 Å². The molecule has 1 saturated heterocycles. The number of carboxylic acids is 1. The zero-order valence-electron chi connectivity index (χ0n) is 28.7. The molecule has 0 spiro atoms. The number of carbonyl (C=O) groups is 1. The molecule has 6 rings (SSSR count). The summed E-state index contributed by atoms with van der Waals surface area (Å²) in [5, 5.41) is 15.7. The summed E-state index contributed by atoms with van der Waals surface area (Å²) in [6.07, 6.45) is 3.11. The van der Waals surface area contributed by atoms with E-state index < -0.39 is 40.1 Å². The van der Waals surface area contributed by atoms with Gasteiger partial charge in [-0.15, -0.1) is 0 Å². The third kappa shape index (κ3) is 7.81. The number of hydrogen-bond acceptors (Lipinski definition) is 7. The summed E-state index contributed by atoms with van der Waals surface area (Å²) in [7, 11) is 0. The fraction of sp³-hybridized carbons (Fsp3) is 0.316. The van der Waals surface area contributed by atoms with Gasteiger partial charge in [0.25, 0.3) is 5.56 Å². The van der Waals surface area contributed by atoms with E-state index in [-0.39, 0.29) is 45.9 Å². The molecule has 11 nitrogen and oxygen atoms in total. The Kier molecular flexibility index (Phi) is 10.7. The Morgan fingerprint density at radius 2 is 1.75 bits per heavy atom. The van der Waals surface area contributed by atoms with Crippen molar-refractivity contribution >= 4 is 34.1 Å². The Hall–Kier alpha value is -5.63. The monoisotopic (exact) mass is 716 g/mol. The predicted octanol–water partition coefficient (Wildman–Crippen LogP) is 5.99. The lowest BCUT2D eigenvalue weighted by Gasteiger charge is -2.17. The van der Waals surface area contributed by atoms with Gasteiger partial charge in [0.2, 0.25) is 5.43 Å². The molecule has 0 saturated carbocycles. The highest BCUT2D eigenvalue weighted by Gasteiger charge is 2.25. The lowest BCUT2D eigenvalue weighted by Crippen LogP contribution is -2.35. The van der Waals surface area contributed by atoms with Gasteiger partial charge < -0.3 is 25.6 Å². The fourth-order valence-corrected chi connectivity index (χ4v) is 6.77. The standard InChI is InChI=1S/C38H39F3N6O5/c1-3-23-14-25(8-6-21(23)2)43-32-18-33(48)47(38(52)45-32)12-5-4-11-46-13-10-22(20-46)19-42-31-17-30-27(16-29(31)41)36(49)34(37(50)51)35(44-30)26-9-7-24(39)15-28(26)40/h6-9,14-18,22,42-43H,3-5,10-13,19-20H2,1-2H3,(H,44,49)(H,45,52)(H,50,51). The van der Waals surface area contributed by atoms with Crippen LogP contribution in [0.25, 0.3) is 22.2 Å². The van der Waals surface area contributed by atoms with Crippen molar-refractivity contribution in [2.45, 2.75) is 46.1 Å². The minimum atomic E-state index is -1.64. The number of fused-ring (bicyclic) bond motifs is 1. The van der Waals surface area contributed by atoms with Gasteiger partial charge in [0.1, 0.15) is 28.8 Å². The highest BCUT2D eigenvalue weighted by molar-refractivity contribution is 5.99. The highest BCUT2D eigenvalue weighted by Crippen LogP contribution is 2.29. The second-order valence-electron chi connectivity index (χ2n) is 13.2. The molecule has 1 fully saturated rings. The average Bonchev–Trinajstić information content (AvgIpc) is 3.55. The van der Waals surface area contributed by atoms with Crippen molar-refractivity contribution < 1.29 is 23.1 Å². The number of pyridine rings is 1. The minimum Gasteiger partial charge on any atom is -0.477 e. The summed E-state index contributed by atoms with van der Waals surface area (Å²) in [5.74, 6) is -3.79. The molecule has 0 bridgehead atoms. The number of nitrogens with one attached hydrogen (secondary N) is 4. The molecule has 1 aliphatic heterocycles. The number of nitrogens with zero attached hydrogens (tertiary/aromatic N) is 2. The van der Waals surface area contributed by atoms with Gasteiger partial charge in [-0.2, -0.15) is 0 Å². The molecule has 5 N–H and O–H groups in total. The van der Waals surface area contributed by atoms with Gasteiger partial charge in [-0.3, -0.25) is 19.1 Å². The van der Waals surface area contributed by atoms with Crippen LogP contribution in [0, 0.1) is 30.3 Å². The summed E-state index contributed by atoms with van der Waals surface area (Å²) < 4.78 is 44.5. The maximum absolute atomic E-state index is 15.2. The van der Waals surface area contributed by atoms with Crippen LogP contribution in [0.2, 0.25) is 0 Å². The number of carboxylic acid groups (broad SMARTS) is 1. The Morgan fingerprint density at radius 3 is 2.48 bits per heavy atom. The number of aryl methyl sites for hydroxylation is 2. The Balaban J connectivity index is 1.04. The average molecular weight is 717 g/mol. The lowest BCUT2D eigenvalue weighted by molar-refractivity contribution is 0.0696. The number of aromatic carboxylic acids is 1. The van der Waals surface area contributed by atoms with Crippen molar-refractivity contribution in [2.75, 3.05) is 36.8 Å². The Labute approximate surface area is 296 Å². The van der Waals surface area contributed by atoms with E-state index in [1.165, 1.54) is 27.8 Å². The van der Waals surface area contributed by atoms with Crippen LogP contribution in [0.1, 0.15) is 47.7 Å². The van der Waals surface area contributed by atoms with Gasteiger partial charge in [0, 0.05) is 48.4 Å². The van der Waals surface area contributed by atoms with E-state index in [0.29, 0.717) is 24.8 Å². The van der Waals surface area contributed by atoms with Gasteiger partial charge >= 0.3 is 11.7 Å². The topological polar surface area (TPSA) is 152 Å². The summed E-state index contributed by atoms with van der Waals surface area (Å²) in [5.41, 5.74) is 0.0212. The second-order valence-corrected chi connectivity index (χ2v) is 13.2. The SMILES string of the molecule is CCc1cc(Nc2cc(=O)n(CCCCN3CCC(CNc4cc5[nH]c(-c6ccc(F)cc6F)c(C(=O)O)c(=O)c5cc4F)C3)c(=O)[nH]2)ccc1C. The van der Waals surface area contributed by atoms with Crippen molar-refractivity contribution in [1.82, 2.24) is 19.4 Å². The largest absolute Gasteiger partial charge is 0.477 e. The van der Waals surface area contributed by atoms with E-state index >= 15 is 4.39 Å². The van der Waals surface area contributed by atoms with Crippen LogP contribution in [0.5, 0.6) is 0 Å². The van der Waals surface area contributed by atoms with E-state index in [2.05, 4.69) is 32.4 Å². The van der Waals surface area contributed by atoms with Crippen LogP contribution >= 0.6 is 0 Å². The highest BCUT2D eigenvalue weighted by atomic mass is 19.1. The van der Waals surface area contributed by atoms with Crippen molar-refractivity contribution in [2.24, 2.45) is 5.92 Å². The van der Waals surface area contributed by atoms with Crippen molar-refractivity contribution in [3.8, 4) is 11.3 Å². The number of aromatic amines is 2. The van der Waals surface area contributed by atoms with Crippen LogP contribution < -0.4 is 27.3 Å². The van der Waals surface area contributed by atoms with E-state index in [1.807, 2.05) is 25.1 Å². The number of likely N-dealkylation sites (tertiary alicyclic amines) is 1. The van der Waals surface area contributed by atoms with Crippen LogP contribution in [-0.4, -0.2) is 56.7 Å². The molecule has 0 aliphatic carbocycles. The zero-order valence-corrected chi connectivity index (χ0v) is 28.7. The summed E-state index contributed by atoms with van der Waals surface area (Å²) in [6.45, 7) is 7.14. The predicted molar refractivity (Wildman–Crippen MR) is 194 cm³/mol. The van der Waals surface area contributed by atoms with Crippen LogP contribution in [-0.2, 0) is 13.0 Å². The van der Waals surface area contributed by atoms with Crippen molar-refractivity contribution in [3.05, 3.63) is 120 Å². The van der Waals surface area contributed by atoms with Gasteiger partial charge in [-0.25, -0.2) is 22.8 Å². The minimum absolute atomic E-state index is 0.0802. The molecule has 0 amide bonds. The number of hydrogen-bond donors (Lipinski definition) is 5. The second kappa shape index (κ2) is 15.3. The number of H-pyrrole nitrogens is 2. The van der Waals surface area contributed by atoms with Gasteiger partial charge in [0.05, 0.1) is 16.9 Å². The molecule has 272 valence electrons. The summed E-state index contributed by atoms with van der Waals surface area (Å²) in [4.78, 5) is 58.3. The molecule has 0 radical (unpaired) electrons. The molecule has 3 heterocycles. The molecule has 5 aromatic rings. The van der Waals surface area contributed by atoms with E-state index in [0.717, 1.165) is 62.8 Å². The van der Waals surface area contributed by atoms with Gasteiger partial charge in [-0.1, -0.05) is 13.0 Å². The number of aromatic nitrogens is 3. The number of rotatable bonds is 13. The normalized spacial score (nSPS) is 14.6. The third-order valence-corrected chi connectivity index (χ3v) is 9.59. The number of anilines is 3. The van der Waals surface area contributed by atoms with E-state index in [4.69, 9.17) is 0 Å². The lowest BCUT2D eigenvalue weighted by atomic mass is 10.0. The molecule has 1 aliphatic rings.